The number of nitrogens with one attached hydrogen (secondary N) is 1. The Hall–Kier alpha value is -3.48. The minimum atomic E-state index is -0.638. The molecule has 0 bridgehead atoms. The molecule has 7 heteroatoms. The number of hydrogen-bond donors (Lipinski definition) is 1. The zero-order valence-corrected chi connectivity index (χ0v) is 15.9. The Morgan fingerprint density at radius 1 is 0.897 bits per heavy atom. The van der Waals surface area contributed by atoms with Gasteiger partial charge in [0.15, 0.2) is 6.61 Å². The first-order valence-corrected chi connectivity index (χ1v) is 9.47. The van der Waals surface area contributed by atoms with Gasteiger partial charge in [-0.15, -0.1) is 0 Å². The molecule has 0 atom stereocenters. The lowest BCUT2D eigenvalue weighted by Crippen LogP contribution is -2.33. The van der Waals surface area contributed by atoms with Crippen molar-refractivity contribution in [3.8, 4) is 0 Å². The fourth-order valence-corrected chi connectivity index (χ4v) is 3.08. The first-order chi connectivity index (χ1) is 14.1. The van der Waals surface area contributed by atoms with E-state index in [9.17, 15) is 19.2 Å². The van der Waals surface area contributed by atoms with Gasteiger partial charge in [-0.25, -0.2) is 0 Å². The molecule has 2 aromatic carbocycles. The van der Waals surface area contributed by atoms with Crippen LogP contribution in [-0.2, 0) is 20.7 Å². The molecule has 150 valence electrons. The molecule has 29 heavy (non-hydrogen) atoms. The number of carbonyl (C=O) groups is 4. The number of aryl methyl sites for hydroxylation is 1. The van der Waals surface area contributed by atoms with Crippen LogP contribution < -0.4 is 5.32 Å². The number of rotatable bonds is 9. The number of fused-ring (bicyclic) bond motifs is 1. The van der Waals surface area contributed by atoms with Crippen LogP contribution in [0, 0.1) is 0 Å². The molecule has 1 N–H and O–H groups in total. The normalized spacial score (nSPS) is 12.6. The maximum Gasteiger partial charge on any atom is 0.308 e. The van der Waals surface area contributed by atoms with E-state index in [1.165, 1.54) is 5.56 Å². The molecule has 0 saturated carbocycles. The van der Waals surface area contributed by atoms with Crippen molar-refractivity contribution in [2.24, 2.45) is 0 Å². The van der Waals surface area contributed by atoms with Crippen LogP contribution in [0.4, 0.5) is 0 Å². The van der Waals surface area contributed by atoms with E-state index in [0.29, 0.717) is 17.7 Å². The number of nitrogens with zero attached hydrogens (tertiary/aromatic N) is 1. The molecule has 0 unspecified atom stereocenters. The van der Waals surface area contributed by atoms with Crippen LogP contribution in [0.3, 0.4) is 0 Å². The highest BCUT2D eigenvalue weighted by atomic mass is 16.5. The molecule has 0 spiro atoms. The van der Waals surface area contributed by atoms with E-state index < -0.39 is 17.8 Å². The van der Waals surface area contributed by atoms with Gasteiger partial charge in [-0.05, 0) is 30.5 Å². The Morgan fingerprint density at radius 2 is 1.52 bits per heavy atom. The van der Waals surface area contributed by atoms with Crippen LogP contribution in [-0.4, -0.2) is 48.3 Å². The predicted molar refractivity (Wildman–Crippen MR) is 105 cm³/mol. The third kappa shape index (κ3) is 5.28. The van der Waals surface area contributed by atoms with Crippen LogP contribution in [0.2, 0.25) is 0 Å². The van der Waals surface area contributed by atoms with Gasteiger partial charge < -0.3 is 10.1 Å². The highest BCUT2D eigenvalue weighted by Crippen LogP contribution is 2.22. The van der Waals surface area contributed by atoms with E-state index in [1.807, 2.05) is 30.3 Å². The van der Waals surface area contributed by atoms with E-state index in [4.69, 9.17) is 4.74 Å². The number of benzene rings is 2. The van der Waals surface area contributed by atoms with Gasteiger partial charge in [0.05, 0.1) is 17.5 Å². The van der Waals surface area contributed by atoms with Gasteiger partial charge in [-0.3, -0.25) is 24.1 Å². The summed E-state index contributed by atoms with van der Waals surface area (Å²) in [6.07, 6.45) is 1.47. The second-order valence-corrected chi connectivity index (χ2v) is 6.66. The highest BCUT2D eigenvalue weighted by Gasteiger charge is 2.35. The summed E-state index contributed by atoms with van der Waals surface area (Å²) in [5, 5.41) is 2.70. The fourth-order valence-electron chi connectivity index (χ4n) is 3.08. The van der Waals surface area contributed by atoms with Gasteiger partial charge in [0.25, 0.3) is 17.7 Å². The Kier molecular flexibility index (Phi) is 6.73. The number of amides is 3. The average molecular weight is 394 g/mol. The minimum Gasteiger partial charge on any atom is -0.456 e. The fraction of sp³-hybridized carbons (Fsp3) is 0.273. The predicted octanol–water partition coefficient (Wildman–Crippen LogP) is 1.96. The van der Waals surface area contributed by atoms with Crippen molar-refractivity contribution < 1.29 is 23.9 Å². The maximum atomic E-state index is 12.2. The first-order valence-electron chi connectivity index (χ1n) is 9.47. The lowest BCUT2D eigenvalue weighted by atomic mass is 10.1. The van der Waals surface area contributed by atoms with E-state index in [1.54, 1.807) is 24.3 Å². The van der Waals surface area contributed by atoms with E-state index in [0.717, 1.165) is 17.7 Å². The van der Waals surface area contributed by atoms with Crippen molar-refractivity contribution in [1.29, 1.82) is 0 Å². The maximum absolute atomic E-state index is 12.2. The standard InChI is InChI=1S/C22H22N2O5/c25-19(23-13-6-9-16-7-2-1-3-8-16)15-29-20(26)12-14-24-21(27)17-10-4-5-11-18(17)22(24)28/h1-5,7-8,10-11H,6,9,12-15H2,(H,23,25). The van der Waals surface area contributed by atoms with Gasteiger partial charge in [0.2, 0.25) is 0 Å². The Bertz CT molecular complexity index is 875. The van der Waals surface area contributed by atoms with Crippen molar-refractivity contribution >= 4 is 23.7 Å². The second-order valence-electron chi connectivity index (χ2n) is 6.66. The van der Waals surface area contributed by atoms with Gasteiger partial charge in [0, 0.05) is 13.1 Å². The van der Waals surface area contributed by atoms with Crippen LogP contribution in [0.25, 0.3) is 0 Å². The Balaban J connectivity index is 1.32. The van der Waals surface area contributed by atoms with Gasteiger partial charge in [0.1, 0.15) is 0 Å². The molecule has 3 amide bonds. The summed E-state index contributed by atoms with van der Waals surface area (Å²) in [5.41, 5.74) is 1.86. The SMILES string of the molecule is O=C(COC(=O)CCN1C(=O)c2ccccc2C1=O)NCCCc1ccccc1. The molecular formula is C22H22N2O5. The summed E-state index contributed by atoms with van der Waals surface area (Å²) in [5.74, 6) is -1.86. The van der Waals surface area contributed by atoms with Crippen molar-refractivity contribution in [3.05, 3.63) is 71.3 Å². The first kappa shape index (κ1) is 20.3. The molecule has 1 aliphatic heterocycles. The van der Waals surface area contributed by atoms with Crippen molar-refractivity contribution in [1.82, 2.24) is 10.2 Å². The second kappa shape index (κ2) is 9.64. The van der Waals surface area contributed by atoms with Crippen molar-refractivity contribution in [3.63, 3.8) is 0 Å². The van der Waals surface area contributed by atoms with Crippen LogP contribution in [0.15, 0.2) is 54.6 Å². The summed E-state index contributed by atoms with van der Waals surface area (Å²) in [6, 6.07) is 16.5. The zero-order chi connectivity index (χ0) is 20.6. The zero-order valence-electron chi connectivity index (χ0n) is 15.9. The Morgan fingerprint density at radius 3 is 2.17 bits per heavy atom. The number of hydrogen-bond acceptors (Lipinski definition) is 5. The molecule has 0 radical (unpaired) electrons. The van der Waals surface area contributed by atoms with Gasteiger partial charge in [-0.1, -0.05) is 42.5 Å². The van der Waals surface area contributed by atoms with Crippen LogP contribution >= 0.6 is 0 Å². The number of esters is 1. The lowest BCUT2D eigenvalue weighted by molar-refractivity contribution is -0.148. The lowest BCUT2D eigenvalue weighted by Gasteiger charge is -2.13. The molecule has 3 rings (SSSR count). The molecule has 7 nitrogen and oxygen atoms in total. The molecular weight excluding hydrogens is 372 g/mol. The van der Waals surface area contributed by atoms with Crippen molar-refractivity contribution in [2.45, 2.75) is 19.3 Å². The Labute approximate surface area is 168 Å². The third-order valence-corrected chi connectivity index (χ3v) is 4.59. The number of imide groups is 1. The quantitative estimate of drug-likeness (QED) is 0.399. The highest BCUT2D eigenvalue weighted by molar-refractivity contribution is 6.21. The van der Waals surface area contributed by atoms with Gasteiger partial charge in [-0.2, -0.15) is 0 Å². The smallest absolute Gasteiger partial charge is 0.308 e. The van der Waals surface area contributed by atoms with Crippen molar-refractivity contribution in [2.75, 3.05) is 19.7 Å². The minimum absolute atomic E-state index is 0.0795. The average Bonchev–Trinajstić information content (AvgIpc) is 2.99. The molecule has 0 saturated heterocycles. The third-order valence-electron chi connectivity index (χ3n) is 4.59. The van der Waals surface area contributed by atoms with E-state index in [2.05, 4.69) is 5.32 Å². The topological polar surface area (TPSA) is 92.8 Å². The summed E-state index contributed by atoms with van der Waals surface area (Å²) < 4.78 is 4.93. The largest absolute Gasteiger partial charge is 0.456 e. The molecule has 2 aromatic rings. The molecule has 0 aromatic heterocycles. The monoisotopic (exact) mass is 394 g/mol. The molecule has 1 aliphatic rings. The summed E-state index contributed by atoms with van der Waals surface area (Å²) >= 11 is 0. The molecule has 0 aliphatic carbocycles. The number of ether oxygens (including phenoxy) is 1. The van der Waals surface area contributed by atoms with Crippen LogP contribution in [0.5, 0.6) is 0 Å². The summed E-state index contributed by atoms with van der Waals surface area (Å²) in [6.45, 7) is 0.0243. The van der Waals surface area contributed by atoms with E-state index in [-0.39, 0.29) is 25.5 Å². The molecule has 0 fully saturated rings. The molecule has 1 heterocycles. The summed E-state index contributed by atoms with van der Waals surface area (Å²) in [7, 11) is 0. The summed E-state index contributed by atoms with van der Waals surface area (Å²) in [4.78, 5) is 49.1. The van der Waals surface area contributed by atoms with E-state index >= 15 is 0 Å². The van der Waals surface area contributed by atoms with Gasteiger partial charge >= 0.3 is 5.97 Å². The number of carbonyl (C=O) groups excluding carboxylic acids is 4. The van der Waals surface area contributed by atoms with Crippen LogP contribution in [0.1, 0.15) is 39.1 Å².